The lowest BCUT2D eigenvalue weighted by molar-refractivity contribution is -0.148. The first-order valence-corrected chi connectivity index (χ1v) is 5.46. The first-order chi connectivity index (χ1) is 8.16. The van der Waals surface area contributed by atoms with Crippen LogP contribution in [0.25, 0.3) is 0 Å². The molecule has 0 radical (unpaired) electrons. The zero-order chi connectivity index (χ0) is 14.1. The molecule has 0 bridgehead atoms. The fourth-order valence-electron chi connectivity index (χ4n) is 1.80. The number of nitrogens with zero attached hydrogens (tertiary/aromatic N) is 2. The van der Waals surface area contributed by atoms with Crippen LogP contribution in [0.15, 0.2) is 18.2 Å². The van der Waals surface area contributed by atoms with Gasteiger partial charge in [0.15, 0.2) is 0 Å². The number of benzene rings is 1. The third kappa shape index (κ3) is 2.87. The minimum Gasteiger partial charge on any atom is -0.377 e. The molecular formula is C12H18F3N3. The van der Waals surface area contributed by atoms with Crippen molar-refractivity contribution in [3.63, 3.8) is 0 Å². The molecule has 0 saturated heterocycles. The zero-order valence-corrected chi connectivity index (χ0v) is 10.9. The van der Waals surface area contributed by atoms with Gasteiger partial charge in [-0.3, -0.25) is 0 Å². The van der Waals surface area contributed by atoms with Gasteiger partial charge in [-0.25, -0.2) is 0 Å². The number of anilines is 2. The fraction of sp³-hybridized carbons (Fsp3) is 0.500. The van der Waals surface area contributed by atoms with Gasteiger partial charge in [0, 0.05) is 45.1 Å². The quantitative estimate of drug-likeness (QED) is 0.906. The van der Waals surface area contributed by atoms with E-state index in [1.807, 2.05) is 0 Å². The number of alkyl halides is 3. The second-order valence-electron chi connectivity index (χ2n) is 4.52. The van der Waals surface area contributed by atoms with Gasteiger partial charge in [-0.2, -0.15) is 13.2 Å². The zero-order valence-electron chi connectivity index (χ0n) is 10.9. The van der Waals surface area contributed by atoms with Crippen LogP contribution in [0.4, 0.5) is 24.5 Å². The van der Waals surface area contributed by atoms with Crippen LogP contribution in [0.5, 0.6) is 0 Å². The predicted molar refractivity (Wildman–Crippen MR) is 68.1 cm³/mol. The van der Waals surface area contributed by atoms with E-state index in [1.54, 1.807) is 56.2 Å². The number of hydrogen-bond acceptors (Lipinski definition) is 3. The van der Waals surface area contributed by atoms with Crippen molar-refractivity contribution in [3.05, 3.63) is 23.8 Å². The third-order valence-electron chi connectivity index (χ3n) is 2.69. The molecule has 0 spiro atoms. The molecule has 1 atom stereocenters. The second-order valence-corrected chi connectivity index (χ2v) is 4.52. The molecule has 1 rings (SSSR count). The highest BCUT2D eigenvalue weighted by molar-refractivity contribution is 5.68. The molecule has 1 aromatic rings. The van der Waals surface area contributed by atoms with Crippen molar-refractivity contribution in [2.24, 2.45) is 5.73 Å². The molecule has 0 unspecified atom stereocenters. The van der Waals surface area contributed by atoms with Crippen LogP contribution in [0.3, 0.4) is 0 Å². The lowest BCUT2D eigenvalue weighted by Gasteiger charge is -2.28. The van der Waals surface area contributed by atoms with Crippen molar-refractivity contribution in [2.45, 2.75) is 12.2 Å². The Morgan fingerprint density at radius 1 is 1.00 bits per heavy atom. The molecule has 0 heterocycles. The van der Waals surface area contributed by atoms with E-state index in [0.29, 0.717) is 11.4 Å². The topological polar surface area (TPSA) is 32.5 Å². The largest absolute Gasteiger partial charge is 0.407 e. The maximum atomic E-state index is 12.9. The number of rotatable bonds is 3. The van der Waals surface area contributed by atoms with Gasteiger partial charge in [0.1, 0.15) is 6.04 Å². The summed E-state index contributed by atoms with van der Waals surface area (Å²) in [7, 11) is 6.78. The normalized spacial score (nSPS) is 13.3. The van der Waals surface area contributed by atoms with Crippen molar-refractivity contribution >= 4 is 11.4 Å². The van der Waals surface area contributed by atoms with Crippen LogP contribution in [0.1, 0.15) is 11.6 Å². The van der Waals surface area contributed by atoms with Crippen molar-refractivity contribution in [1.82, 2.24) is 0 Å². The minimum absolute atomic E-state index is 0.0972. The smallest absolute Gasteiger partial charge is 0.377 e. The number of halogens is 3. The molecule has 0 amide bonds. The molecule has 0 fully saturated rings. The highest BCUT2D eigenvalue weighted by Crippen LogP contribution is 2.40. The van der Waals surface area contributed by atoms with Gasteiger partial charge in [-0.05, 0) is 12.1 Å². The van der Waals surface area contributed by atoms with E-state index >= 15 is 0 Å². The van der Waals surface area contributed by atoms with Crippen molar-refractivity contribution < 1.29 is 13.2 Å². The summed E-state index contributed by atoms with van der Waals surface area (Å²) in [5, 5.41) is 0. The van der Waals surface area contributed by atoms with Crippen LogP contribution in [0, 0.1) is 0 Å². The Morgan fingerprint density at radius 3 is 1.67 bits per heavy atom. The summed E-state index contributed by atoms with van der Waals surface area (Å²) < 4.78 is 38.6. The van der Waals surface area contributed by atoms with Gasteiger partial charge in [0.2, 0.25) is 0 Å². The lowest BCUT2D eigenvalue weighted by Crippen LogP contribution is -2.32. The van der Waals surface area contributed by atoms with E-state index in [1.165, 1.54) is 0 Å². The van der Waals surface area contributed by atoms with Gasteiger partial charge in [-0.1, -0.05) is 6.07 Å². The van der Waals surface area contributed by atoms with Gasteiger partial charge in [0.05, 0.1) is 0 Å². The SMILES string of the molecule is CN(C)c1cccc(N(C)C)c1[C@@H](N)C(F)(F)F. The van der Waals surface area contributed by atoms with Gasteiger partial charge < -0.3 is 15.5 Å². The molecular weight excluding hydrogens is 243 g/mol. The fourth-order valence-corrected chi connectivity index (χ4v) is 1.80. The van der Waals surface area contributed by atoms with E-state index in [-0.39, 0.29) is 5.56 Å². The summed E-state index contributed by atoms with van der Waals surface area (Å²) in [4.78, 5) is 3.27. The molecule has 0 saturated carbocycles. The van der Waals surface area contributed by atoms with Crippen LogP contribution in [-0.2, 0) is 0 Å². The summed E-state index contributed by atoms with van der Waals surface area (Å²) in [6.07, 6.45) is -4.46. The molecule has 0 aliphatic carbocycles. The Morgan fingerprint density at radius 2 is 1.39 bits per heavy atom. The second kappa shape index (κ2) is 5.06. The first-order valence-electron chi connectivity index (χ1n) is 5.46. The summed E-state index contributed by atoms with van der Waals surface area (Å²) >= 11 is 0. The molecule has 18 heavy (non-hydrogen) atoms. The lowest BCUT2D eigenvalue weighted by atomic mass is 10.0. The maximum Gasteiger partial charge on any atom is 0.407 e. The van der Waals surface area contributed by atoms with Gasteiger partial charge in [0.25, 0.3) is 0 Å². The summed E-state index contributed by atoms with van der Waals surface area (Å²) in [5.41, 5.74) is 6.42. The summed E-state index contributed by atoms with van der Waals surface area (Å²) in [6, 6.07) is 2.99. The Kier molecular flexibility index (Phi) is 4.11. The monoisotopic (exact) mass is 261 g/mol. The van der Waals surface area contributed by atoms with Crippen LogP contribution < -0.4 is 15.5 Å². The molecule has 0 aliphatic rings. The van der Waals surface area contributed by atoms with Gasteiger partial charge in [-0.15, -0.1) is 0 Å². The Balaban J connectivity index is 3.45. The Labute approximate surface area is 105 Å². The molecule has 0 aromatic heterocycles. The highest BCUT2D eigenvalue weighted by Gasteiger charge is 2.40. The van der Waals surface area contributed by atoms with Crippen molar-refractivity contribution in [1.29, 1.82) is 0 Å². The average Bonchev–Trinajstić information content (AvgIpc) is 2.25. The molecule has 2 N–H and O–H groups in total. The first kappa shape index (κ1) is 14.6. The number of nitrogens with two attached hydrogens (primary N) is 1. The van der Waals surface area contributed by atoms with E-state index in [9.17, 15) is 13.2 Å². The molecule has 1 aromatic carbocycles. The van der Waals surface area contributed by atoms with Gasteiger partial charge >= 0.3 is 6.18 Å². The summed E-state index contributed by atoms with van der Waals surface area (Å²) in [6.45, 7) is 0. The Hall–Kier alpha value is -1.43. The number of hydrogen-bond donors (Lipinski definition) is 1. The van der Waals surface area contributed by atoms with Crippen molar-refractivity contribution in [2.75, 3.05) is 38.0 Å². The predicted octanol–water partition coefficient (Wildman–Crippen LogP) is 2.38. The molecule has 0 aliphatic heterocycles. The van der Waals surface area contributed by atoms with E-state index < -0.39 is 12.2 Å². The standard InChI is InChI=1S/C12H18F3N3/c1-17(2)8-6-5-7-9(18(3)4)10(8)11(16)12(13,14)15/h5-7,11H,16H2,1-4H3/t11-/m1/s1. The van der Waals surface area contributed by atoms with Crippen LogP contribution in [0.2, 0.25) is 0 Å². The molecule has 3 nitrogen and oxygen atoms in total. The summed E-state index contributed by atoms with van der Waals surface area (Å²) in [5.74, 6) is 0. The third-order valence-corrected chi connectivity index (χ3v) is 2.69. The Bertz CT molecular complexity index is 387. The molecule has 6 heteroatoms. The van der Waals surface area contributed by atoms with E-state index in [4.69, 9.17) is 5.73 Å². The van der Waals surface area contributed by atoms with Crippen LogP contribution >= 0.6 is 0 Å². The van der Waals surface area contributed by atoms with Crippen molar-refractivity contribution in [3.8, 4) is 0 Å². The molecule has 102 valence electrons. The average molecular weight is 261 g/mol. The van der Waals surface area contributed by atoms with Crippen LogP contribution in [-0.4, -0.2) is 34.4 Å². The highest BCUT2D eigenvalue weighted by atomic mass is 19.4. The van der Waals surface area contributed by atoms with E-state index in [0.717, 1.165) is 0 Å². The minimum atomic E-state index is -4.46. The van der Waals surface area contributed by atoms with E-state index in [2.05, 4.69) is 0 Å². The maximum absolute atomic E-state index is 12.9.